The Labute approximate surface area is 118 Å². The van der Waals surface area contributed by atoms with Crippen molar-refractivity contribution in [3.8, 4) is 0 Å². The smallest absolute Gasteiger partial charge is 0.298 e. The molecule has 0 bridgehead atoms. The maximum Gasteiger partial charge on any atom is 0.446 e. The molecule has 0 atom stereocenters. The molecular formula is C10H7BrF3NO3S. The van der Waals surface area contributed by atoms with Crippen LogP contribution in [0.2, 0.25) is 0 Å². The molecule has 0 aliphatic heterocycles. The summed E-state index contributed by atoms with van der Waals surface area (Å²) in [5.41, 5.74) is -5.30. The number of hydrogen-bond donors (Lipinski definition) is 0. The summed E-state index contributed by atoms with van der Waals surface area (Å²) in [4.78, 5) is 20.6. The van der Waals surface area contributed by atoms with Crippen molar-refractivity contribution in [2.24, 2.45) is 0 Å². The molecule has 0 radical (unpaired) electrons. The van der Waals surface area contributed by atoms with Gasteiger partial charge >= 0.3 is 5.51 Å². The molecule has 4 nitrogen and oxygen atoms in total. The molecule has 1 rings (SSSR count). The van der Waals surface area contributed by atoms with Gasteiger partial charge in [-0.3, -0.25) is 14.9 Å². The molecule has 0 aromatic heterocycles. The average molecular weight is 358 g/mol. The van der Waals surface area contributed by atoms with Crippen LogP contribution >= 0.6 is 27.7 Å². The fraction of sp³-hybridized carbons (Fsp3) is 0.300. The lowest BCUT2D eigenvalue weighted by Gasteiger charge is -2.10. The Morgan fingerprint density at radius 3 is 2.53 bits per heavy atom. The monoisotopic (exact) mass is 357 g/mol. The third kappa shape index (κ3) is 4.83. The Kier molecular flexibility index (Phi) is 5.36. The highest BCUT2D eigenvalue weighted by Gasteiger charge is 2.34. The summed E-state index contributed by atoms with van der Waals surface area (Å²) in [5, 5.41) is 10.7. The van der Waals surface area contributed by atoms with Crippen molar-refractivity contribution in [3.05, 3.63) is 33.9 Å². The second-order valence-electron chi connectivity index (χ2n) is 3.42. The van der Waals surface area contributed by atoms with Crippen molar-refractivity contribution >= 4 is 39.2 Å². The van der Waals surface area contributed by atoms with E-state index in [4.69, 9.17) is 0 Å². The SMILES string of the molecule is O=C(CBr)Cc1cccc([N+](=O)[O-])c1SC(F)(F)F. The number of carbonyl (C=O) groups is 1. The molecular weight excluding hydrogens is 351 g/mol. The summed E-state index contributed by atoms with van der Waals surface area (Å²) in [5.74, 6) is -0.357. The number of nitro groups is 1. The first-order valence-electron chi connectivity index (χ1n) is 4.84. The minimum atomic E-state index is -4.65. The molecule has 0 heterocycles. The average Bonchev–Trinajstić information content (AvgIpc) is 2.28. The summed E-state index contributed by atoms with van der Waals surface area (Å²) >= 11 is 2.32. The van der Waals surface area contributed by atoms with E-state index in [1.54, 1.807) is 0 Å². The first kappa shape index (κ1) is 16.0. The van der Waals surface area contributed by atoms with Crippen molar-refractivity contribution in [1.29, 1.82) is 0 Å². The van der Waals surface area contributed by atoms with Gasteiger partial charge in [0.05, 0.1) is 15.1 Å². The van der Waals surface area contributed by atoms with Crippen molar-refractivity contribution in [2.45, 2.75) is 16.8 Å². The first-order valence-corrected chi connectivity index (χ1v) is 6.78. The summed E-state index contributed by atoms with van der Waals surface area (Å²) in [6.07, 6.45) is -0.286. The van der Waals surface area contributed by atoms with Gasteiger partial charge in [-0.15, -0.1) is 0 Å². The number of hydrogen-bond acceptors (Lipinski definition) is 4. The molecule has 9 heteroatoms. The topological polar surface area (TPSA) is 60.2 Å². The zero-order valence-corrected chi connectivity index (χ0v) is 11.6. The number of alkyl halides is 4. The lowest BCUT2D eigenvalue weighted by Crippen LogP contribution is -2.08. The second kappa shape index (κ2) is 6.38. The van der Waals surface area contributed by atoms with Crippen LogP contribution in [0.25, 0.3) is 0 Å². The molecule has 1 aromatic carbocycles. The summed E-state index contributed by atoms with van der Waals surface area (Å²) in [6.45, 7) is 0. The lowest BCUT2D eigenvalue weighted by atomic mass is 10.1. The minimum Gasteiger partial charge on any atom is -0.298 e. The fourth-order valence-electron chi connectivity index (χ4n) is 1.35. The Balaban J connectivity index is 3.25. The lowest BCUT2D eigenvalue weighted by molar-refractivity contribution is -0.387. The third-order valence-corrected chi connectivity index (χ3v) is 3.56. The minimum absolute atomic E-state index is 0.000903. The van der Waals surface area contributed by atoms with Crippen molar-refractivity contribution in [2.75, 3.05) is 5.33 Å². The summed E-state index contributed by atoms with van der Waals surface area (Å²) < 4.78 is 37.3. The van der Waals surface area contributed by atoms with Crippen molar-refractivity contribution in [3.63, 3.8) is 0 Å². The molecule has 0 fully saturated rings. The molecule has 104 valence electrons. The molecule has 19 heavy (non-hydrogen) atoms. The molecule has 0 aliphatic rings. The van der Waals surface area contributed by atoms with Crippen LogP contribution in [0.4, 0.5) is 18.9 Å². The molecule has 0 amide bonds. The highest BCUT2D eigenvalue weighted by molar-refractivity contribution is 9.09. The number of ketones is 1. The van der Waals surface area contributed by atoms with Crippen LogP contribution in [0.5, 0.6) is 0 Å². The molecule has 0 saturated heterocycles. The van der Waals surface area contributed by atoms with Crippen LogP contribution in [-0.4, -0.2) is 21.5 Å². The normalized spacial score (nSPS) is 11.4. The first-order chi connectivity index (χ1) is 8.74. The Morgan fingerprint density at radius 1 is 1.42 bits per heavy atom. The zero-order valence-electron chi connectivity index (χ0n) is 9.24. The maximum absolute atomic E-state index is 12.4. The maximum atomic E-state index is 12.4. The van der Waals surface area contributed by atoms with E-state index in [9.17, 15) is 28.1 Å². The van der Waals surface area contributed by atoms with Gasteiger partial charge in [0.1, 0.15) is 5.78 Å². The predicted molar refractivity (Wildman–Crippen MR) is 67.5 cm³/mol. The fourth-order valence-corrected chi connectivity index (χ4v) is 2.30. The van der Waals surface area contributed by atoms with Crippen LogP contribution in [0.3, 0.4) is 0 Å². The van der Waals surface area contributed by atoms with Gasteiger partial charge in [0.15, 0.2) is 0 Å². The van der Waals surface area contributed by atoms with E-state index >= 15 is 0 Å². The van der Waals surface area contributed by atoms with Gasteiger partial charge in [-0.2, -0.15) is 13.2 Å². The second-order valence-corrected chi connectivity index (χ2v) is 5.06. The number of halogens is 4. The number of benzene rings is 1. The van der Waals surface area contributed by atoms with E-state index in [2.05, 4.69) is 15.9 Å². The van der Waals surface area contributed by atoms with Crippen molar-refractivity contribution in [1.82, 2.24) is 0 Å². The van der Waals surface area contributed by atoms with E-state index in [0.717, 1.165) is 6.07 Å². The highest BCUT2D eigenvalue weighted by atomic mass is 79.9. The molecule has 0 unspecified atom stereocenters. The number of thioether (sulfide) groups is 1. The van der Waals surface area contributed by atoms with Crippen LogP contribution in [0, 0.1) is 10.1 Å². The standard InChI is InChI=1S/C10H7BrF3NO3S/c11-5-7(16)4-6-2-1-3-8(15(17)18)9(6)19-10(12,13)14/h1-3H,4-5H2. The van der Waals surface area contributed by atoms with Gasteiger partial charge < -0.3 is 0 Å². The Morgan fingerprint density at radius 2 is 2.05 bits per heavy atom. The third-order valence-electron chi connectivity index (χ3n) is 2.03. The van der Waals surface area contributed by atoms with E-state index < -0.39 is 32.8 Å². The van der Waals surface area contributed by atoms with Gasteiger partial charge in [-0.1, -0.05) is 28.1 Å². The Hall–Kier alpha value is -1.09. The van der Waals surface area contributed by atoms with E-state index in [-0.39, 0.29) is 23.1 Å². The highest BCUT2D eigenvalue weighted by Crippen LogP contribution is 2.43. The number of carbonyl (C=O) groups excluding carboxylic acids is 1. The van der Waals surface area contributed by atoms with Gasteiger partial charge in [0, 0.05) is 12.5 Å². The number of nitrogens with zero attached hydrogens (tertiary/aromatic N) is 1. The van der Waals surface area contributed by atoms with Gasteiger partial charge in [-0.05, 0) is 17.3 Å². The van der Waals surface area contributed by atoms with Gasteiger partial charge in [0.2, 0.25) is 0 Å². The van der Waals surface area contributed by atoms with Gasteiger partial charge in [-0.25, -0.2) is 0 Å². The predicted octanol–water partition coefficient (Wildman–Crippen LogP) is 3.71. The van der Waals surface area contributed by atoms with Crippen LogP contribution in [0.1, 0.15) is 5.56 Å². The van der Waals surface area contributed by atoms with Crippen LogP contribution < -0.4 is 0 Å². The molecule has 0 saturated carbocycles. The molecule has 0 spiro atoms. The summed E-state index contributed by atoms with van der Waals surface area (Å²) in [6, 6.07) is 3.52. The van der Waals surface area contributed by atoms with E-state index in [1.807, 2.05) is 0 Å². The number of nitro benzene ring substituents is 1. The zero-order chi connectivity index (χ0) is 14.6. The largest absolute Gasteiger partial charge is 0.446 e. The molecule has 0 aliphatic carbocycles. The quantitative estimate of drug-likeness (QED) is 0.348. The number of Topliss-reactive ketones (excluding diaryl/α,β-unsaturated/α-hetero) is 1. The molecule has 0 N–H and O–H groups in total. The van der Waals surface area contributed by atoms with Crippen molar-refractivity contribution < 1.29 is 22.9 Å². The van der Waals surface area contributed by atoms with E-state index in [1.165, 1.54) is 12.1 Å². The van der Waals surface area contributed by atoms with E-state index in [0.29, 0.717) is 0 Å². The van der Waals surface area contributed by atoms with Gasteiger partial charge in [0.25, 0.3) is 5.69 Å². The molecule has 1 aromatic rings. The van der Waals surface area contributed by atoms with Crippen LogP contribution in [-0.2, 0) is 11.2 Å². The van der Waals surface area contributed by atoms with Crippen LogP contribution in [0.15, 0.2) is 23.1 Å². The Bertz CT molecular complexity index is 507. The number of rotatable bonds is 5. The summed E-state index contributed by atoms with van der Waals surface area (Å²) in [7, 11) is 0.